The van der Waals surface area contributed by atoms with Crippen molar-refractivity contribution in [3.05, 3.63) is 23.8 Å². The minimum absolute atomic E-state index is 0.00684. The normalized spacial score (nSPS) is 12.9. The zero-order valence-corrected chi connectivity index (χ0v) is 10.5. The van der Waals surface area contributed by atoms with Crippen LogP contribution in [0.15, 0.2) is 18.2 Å². The van der Waals surface area contributed by atoms with Crippen LogP contribution in [0.2, 0.25) is 0 Å². The van der Waals surface area contributed by atoms with Gasteiger partial charge in [0, 0.05) is 0 Å². The Hall–Kier alpha value is -1.89. The Morgan fingerprint density at radius 1 is 1.53 bits per heavy atom. The molecular weight excluding hydrogens is 260 g/mol. The summed E-state index contributed by atoms with van der Waals surface area (Å²) in [5, 5.41) is 9.37. The van der Waals surface area contributed by atoms with E-state index in [2.05, 4.69) is 4.74 Å². The first kappa shape index (κ1) is 15.2. The van der Waals surface area contributed by atoms with Crippen LogP contribution in [0.4, 0.5) is 8.78 Å². The fourth-order valence-electron chi connectivity index (χ4n) is 1.45. The third-order valence-electron chi connectivity index (χ3n) is 2.50. The van der Waals surface area contributed by atoms with E-state index < -0.39 is 17.9 Å². The van der Waals surface area contributed by atoms with E-state index in [0.717, 1.165) is 12.1 Å². The molecule has 0 aliphatic carbocycles. The van der Waals surface area contributed by atoms with Gasteiger partial charge in [-0.1, -0.05) is 6.07 Å². The van der Waals surface area contributed by atoms with E-state index in [4.69, 9.17) is 10.5 Å². The van der Waals surface area contributed by atoms with Gasteiger partial charge in [0.1, 0.15) is 6.04 Å². The van der Waals surface area contributed by atoms with Gasteiger partial charge in [-0.2, -0.15) is 8.78 Å². The van der Waals surface area contributed by atoms with Gasteiger partial charge in [-0.15, -0.1) is 0 Å². The molecule has 7 heteroatoms. The average Bonchev–Trinajstić information content (AvgIpc) is 2.38. The van der Waals surface area contributed by atoms with Gasteiger partial charge >= 0.3 is 11.9 Å². The lowest BCUT2D eigenvalue weighted by Crippen LogP contribution is -2.41. The Morgan fingerprint density at radius 2 is 2.16 bits per heavy atom. The molecule has 0 aliphatic rings. The van der Waals surface area contributed by atoms with E-state index in [1.807, 2.05) is 0 Å². The van der Waals surface area contributed by atoms with E-state index in [0.29, 0.717) is 0 Å². The summed E-state index contributed by atoms with van der Waals surface area (Å²) < 4.78 is 36.5. The number of carbonyl (C=O) groups is 1. The van der Waals surface area contributed by atoms with E-state index in [1.165, 1.54) is 20.1 Å². The summed E-state index contributed by atoms with van der Waals surface area (Å²) in [4.78, 5) is 11.2. The molecule has 1 atom stereocenters. The number of alkyl halides is 2. The molecule has 0 unspecified atom stereocenters. The number of halogens is 2. The summed E-state index contributed by atoms with van der Waals surface area (Å²) in [5.74, 6) is -5.77. The van der Waals surface area contributed by atoms with Crippen molar-refractivity contribution in [2.75, 3.05) is 13.7 Å². The highest BCUT2D eigenvalue weighted by Crippen LogP contribution is 2.35. The Bertz CT molecular complexity index is 465. The Morgan fingerprint density at radius 3 is 2.68 bits per heavy atom. The molecule has 0 aliphatic heterocycles. The minimum Gasteiger partial charge on any atom is -0.504 e. The molecule has 1 rings (SSSR count). The van der Waals surface area contributed by atoms with Crippen LogP contribution in [0, 0.1) is 0 Å². The van der Waals surface area contributed by atoms with E-state index in [-0.39, 0.29) is 23.7 Å². The predicted octanol–water partition coefficient (Wildman–Crippen LogP) is 1.60. The third kappa shape index (κ3) is 3.11. The maximum absolute atomic E-state index is 13.7. The Kier molecular flexibility index (Phi) is 4.66. The number of phenolic OH excluding ortho intramolecular Hbond substituents is 1. The largest absolute Gasteiger partial charge is 0.504 e. The van der Waals surface area contributed by atoms with E-state index in [9.17, 15) is 18.7 Å². The number of nitrogens with two attached hydrogens (primary N) is 1. The van der Waals surface area contributed by atoms with Gasteiger partial charge in [0.15, 0.2) is 11.5 Å². The highest BCUT2D eigenvalue weighted by molar-refractivity contribution is 5.79. The van der Waals surface area contributed by atoms with Crippen molar-refractivity contribution >= 4 is 5.97 Å². The second kappa shape index (κ2) is 5.83. The van der Waals surface area contributed by atoms with Crippen LogP contribution in [-0.4, -0.2) is 30.7 Å². The van der Waals surface area contributed by atoms with Gasteiger partial charge in [-0.05, 0) is 24.6 Å². The summed E-state index contributed by atoms with van der Waals surface area (Å²) in [5.41, 5.74) is 5.34. The molecule has 0 bridgehead atoms. The minimum atomic E-state index is -3.86. The van der Waals surface area contributed by atoms with Crippen LogP contribution in [0.3, 0.4) is 0 Å². The number of aromatic hydroxyl groups is 1. The molecular formula is C12H15F2NO4. The number of carbonyl (C=O) groups excluding carboxylic acids is 1. The lowest BCUT2D eigenvalue weighted by atomic mass is 10.0. The van der Waals surface area contributed by atoms with Crippen molar-refractivity contribution in [3.8, 4) is 11.5 Å². The van der Waals surface area contributed by atoms with Crippen LogP contribution in [0.5, 0.6) is 11.5 Å². The van der Waals surface area contributed by atoms with Gasteiger partial charge in [0.05, 0.1) is 13.7 Å². The number of phenols is 1. The first-order valence-electron chi connectivity index (χ1n) is 5.52. The number of rotatable bonds is 5. The third-order valence-corrected chi connectivity index (χ3v) is 2.50. The zero-order chi connectivity index (χ0) is 14.6. The molecule has 3 N–H and O–H groups in total. The number of esters is 1. The second-order valence-corrected chi connectivity index (χ2v) is 3.75. The van der Waals surface area contributed by atoms with E-state index >= 15 is 0 Å². The smallest absolute Gasteiger partial charge is 0.379 e. The van der Waals surface area contributed by atoms with Crippen molar-refractivity contribution in [1.82, 2.24) is 0 Å². The monoisotopic (exact) mass is 275 g/mol. The molecule has 0 aromatic heterocycles. The molecule has 5 nitrogen and oxygen atoms in total. The molecule has 0 saturated carbocycles. The molecule has 0 radical (unpaired) electrons. The van der Waals surface area contributed by atoms with Crippen LogP contribution in [0.1, 0.15) is 18.5 Å². The maximum Gasteiger partial charge on any atom is 0.379 e. The van der Waals surface area contributed by atoms with Gasteiger partial charge in [-0.25, -0.2) is 4.79 Å². The van der Waals surface area contributed by atoms with Crippen LogP contribution >= 0.6 is 0 Å². The van der Waals surface area contributed by atoms with Gasteiger partial charge in [0.2, 0.25) is 0 Å². The molecule has 1 aromatic rings. The van der Waals surface area contributed by atoms with Gasteiger partial charge in [-0.3, -0.25) is 0 Å². The fourth-order valence-corrected chi connectivity index (χ4v) is 1.45. The summed E-state index contributed by atoms with van der Waals surface area (Å²) in [6.45, 7) is 1.25. The van der Waals surface area contributed by atoms with Gasteiger partial charge < -0.3 is 20.3 Å². The predicted molar refractivity (Wildman–Crippen MR) is 63.2 cm³/mol. The first-order valence-corrected chi connectivity index (χ1v) is 5.52. The molecule has 0 saturated heterocycles. The summed E-state index contributed by atoms with van der Waals surface area (Å²) in [7, 11) is 1.27. The van der Waals surface area contributed by atoms with Crippen LogP contribution in [0.25, 0.3) is 0 Å². The number of methoxy groups -OCH3 is 1. The summed E-state index contributed by atoms with van der Waals surface area (Å²) in [6, 6.07) is 1.61. The van der Waals surface area contributed by atoms with Crippen molar-refractivity contribution in [2.24, 2.45) is 5.73 Å². The molecule has 19 heavy (non-hydrogen) atoms. The van der Waals surface area contributed by atoms with Crippen molar-refractivity contribution < 1.29 is 28.2 Å². The standard InChI is InChI=1S/C12H15F2NO4/c1-3-19-11(17)12(13,14)10(15)7-4-5-8(16)9(6-7)18-2/h4-6,10,16H,3,15H2,1-2H3/t10-/m0/s1. The highest BCUT2D eigenvalue weighted by Gasteiger charge is 2.47. The molecule has 0 amide bonds. The van der Waals surface area contributed by atoms with Crippen molar-refractivity contribution in [3.63, 3.8) is 0 Å². The van der Waals surface area contributed by atoms with Crippen LogP contribution < -0.4 is 10.5 Å². The SMILES string of the molecule is CCOC(=O)C(F)(F)[C@@H](N)c1ccc(O)c(OC)c1. The molecule has 0 spiro atoms. The lowest BCUT2D eigenvalue weighted by Gasteiger charge is -2.22. The molecule has 106 valence electrons. The quantitative estimate of drug-likeness (QED) is 0.798. The molecule has 0 heterocycles. The van der Waals surface area contributed by atoms with Crippen molar-refractivity contribution in [1.29, 1.82) is 0 Å². The lowest BCUT2D eigenvalue weighted by molar-refractivity contribution is -0.174. The topological polar surface area (TPSA) is 81.8 Å². The number of hydrogen-bond acceptors (Lipinski definition) is 5. The number of ether oxygens (including phenoxy) is 2. The maximum atomic E-state index is 13.7. The van der Waals surface area contributed by atoms with Crippen LogP contribution in [-0.2, 0) is 9.53 Å². The molecule has 1 aromatic carbocycles. The second-order valence-electron chi connectivity index (χ2n) is 3.75. The van der Waals surface area contributed by atoms with E-state index in [1.54, 1.807) is 0 Å². The number of benzene rings is 1. The van der Waals surface area contributed by atoms with Gasteiger partial charge in [0.25, 0.3) is 0 Å². The Balaban J connectivity index is 3.05. The molecule has 0 fully saturated rings. The fraction of sp³-hybridized carbons (Fsp3) is 0.417. The first-order chi connectivity index (χ1) is 8.84. The summed E-state index contributed by atoms with van der Waals surface area (Å²) >= 11 is 0. The highest BCUT2D eigenvalue weighted by atomic mass is 19.3. The number of hydrogen-bond donors (Lipinski definition) is 2. The van der Waals surface area contributed by atoms with Crippen molar-refractivity contribution in [2.45, 2.75) is 18.9 Å². The Labute approximate surface area is 108 Å². The summed E-state index contributed by atoms with van der Waals surface area (Å²) in [6.07, 6.45) is 0. The average molecular weight is 275 g/mol. The zero-order valence-electron chi connectivity index (χ0n) is 10.5.